The van der Waals surface area contributed by atoms with Gasteiger partial charge in [-0.15, -0.1) is 0 Å². The summed E-state index contributed by atoms with van der Waals surface area (Å²) in [6.07, 6.45) is 0. The van der Waals surface area contributed by atoms with Crippen LogP contribution in [0.25, 0.3) is 0 Å². The number of benzene rings is 1. The molecule has 0 saturated heterocycles. The largest absolute Gasteiger partial charge is 0.305 e. The maximum Gasteiger partial charge on any atom is 0.0446 e. The summed E-state index contributed by atoms with van der Waals surface area (Å²) in [6, 6.07) is 6.37. The lowest BCUT2D eigenvalue weighted by Crippen LogP contribution is -2.14. The molecule has 15 heavy (non-hydrogen) atoms. The fraction of sp³-hybridized carbons (Fsp3) is 0.538. The van der Waals surface area contributed by atoms with Gasteiger partial charge < -0.3 is 4.90 Å². The van der Waals surface area contributed by atoms with Gasteiger partial charge in [-0.3, -0.25) is 0 Å². The predicted molar refractivity (Wildman–Crippen MR) is 67.5 cm³/mol. The van der Waals surface area contributed by atoms with Crippen LogP contribution < -0.4 is 0 Å². The van der Waals surface area contributed by atoms with E-state index in [-0.39, 0.29) is 5.41 Å². The Hall–Kier alpha value is -0.530. The Bertz CT molecular complexity index is 337. The van der Waals surface area contributed by atoms with E-state index in [2.05, 4.69) is 58.0 Å². The molecule has 0 aliphatic heterocycles. The topological polar surface area (TPSA) is 3.24 Å². The third-order valence-electron chi connectivity index (χ3n) is 2.34. The Kier molecular flexibility index (Phi) is 3.80. The van der Waals surface area contributed by atoms with Crippen molar-refractivity contribution < 1.29 is 0 Å². The molecule has 0 aliphatic carbocycles. The summed E-state index contributed by atoms with van der Waals surface area (Å²) in [5.74, 6) is 0. The van der Waals surface area contributed by atoms with Crippen molar-refractivity contribution >= 4 is 11.6 Å². The molecule has 0 heterocycles. The fourth-order valence-corrected chi connectivity index (χ4v) is 2.12. The molecule has 0 aromatic heterocycles. The van der Waals surface area contributed by atoms with Crippen molar-refractivity contribution in [3.8, 4) is 0 Å². The Morgan fingerprint density at radius 2 is 1.80 bits per heavy atom. The van der Waals surface area contributed by atoms with Gasteiger partial charge in [-0.05, 0) is 36.7 Å². The number of rotatable bonds is 2. The van der Waals surface area contributed by atoms with Gasteiger partial charge in [0.05, 0.1) is 0 Å². The smallest absolute Gasteiger partial charge is 0.0446 e. The Labute approximate surface area is 98.0 Å². The van der Waals surface area contributed by atoms with Crippen molar-refractivity contribution in [3.63, 3.8) is 0 Å². The maximum atomic E-state index is 6.28. The average molecular weight is 226 g/mol. The molecule has 0 unspecified atom stereocenters. The predicted octanol–water partition coefficient (Wildman–Crippen LogP) is 3.70. The second-order valence-electron chi connectivity index (χ2n) is 5.30. The first-order valence-electron chi connectivity index (χ1n) is 5.24. The van der Waals surface area contributed by atoms with E-state index in [0.717, 1.165) is 11.6 Å². The highest BCUT2D eigenvalue weighted by Gasteiger charge is 2.17. The van der Waals surface area contributed by atoms with Gasteiger partial charge in [0, 0.05) is 11.6 Å². The van der Waals surface area contributed by atoms with Crippen LogP contribution in [0.5, 0.6) is 0 Å². The van der Waals surface area contributed by atoms with Crippen molar-refractivity contribution in [2.45, 2.75) is 32.7 Å². The van der Waals surface area contributed by atoms with Crippen LogP contribution in [-0.4, -0.2) is 19.0 Å². The van der Waals surface area contributed by atoms with Gasteiger partial charge in [-0.1, -0.05) is 44.5 Å². The number of hydrogen-bond donors (Lipinski definition) is 0. The summed E-state index contributed by atoms with van der Waals surface area (Å²) in [7, 11) is 4.12. The third-order valence-corrected chi connectivity index (χ3v) is 2.65. The molecule has 0 aliphatic rings. The van der Waals surface area contributed by atoms with E-state index in [1.54, 1.807) is 0 Å². The molecular formula is C13H20ClN. The molecule has 0 saturated carbocycles. The molecule has 0 fully saturated rings. The molecule has 0 N–H and O–H groups in total. The van der Waals surface area contributed by atoms with Crippen molar-refractivity contribution in [1.82, 2.24) is 4.90 Å². The zero-order valence-electron chi connectivity index (χ0n) is 10.3. The van der Waals surface area contributed by atoms with Gasteiger partial charge >= 0.3 is 0 Å². The van der Waals surface area contributed by atoms with Gasteiger partial charge in [-0.2, -0.15) is 0 Å². The zero-order chi connectivity index (χ0) is 11.6. The van der Waals surface area contributed by atoms with Gasteiger partial charge in [-0.25, -0.2) is 0 Å². The maximum absolute atomic E-state index is 6.28. The number of nitrogens with zero attached hydrogens (tertiary/aromatic N) is 1. The molecule has 1 nitrogen and oxygen atoms in total. The Balaban J connectivity index is 2.99. The normalized spacial score (nSPS) is 12.2. The van der Waals surface area contributed by atoms with Crippen molar-refractivity contribution in [3.05, 3.63) is 34.3 Å². The van der Waals surface area contributed by atoms with Crippen LogP contribution in [0.4, 0.5) is 0 Å². The zero-order valence-corrected chi connectivity index (χ0v) is 11.0. The van der Waals surface area contributed by atoms with E-state index in [9.17, 15) is 0 Å². The molecule has 0 amide bonds. The first-order chi connectivity index (χ1) is 6.80. The van der Waals surface area contributed by atoms with E-state index in [4.69, 9.17) is 11.6 Å². The van der Waals surface area contributed by atoms with E-state index >= 15 is 0 Å². The lowest BCUT2D eigenvalue weighted by Gasteiger charge is -2.21. The molecule has 0 radical (unpaired) electrons. The summed E-state index contributed by atoms with van der Waals surface area (Å²) in [5.41, 5.74) is 2.60. The van der Waals surface area contributed by atoms with Crippen LogP contribution in [-0.2, 0) is 12.0 Å². The van der Waals surface area contributed by atoms with Crippen molar-refractivity contribution in [2.24, 2.45) is 0 Å². The number of hydrogen-bond acceptors (Lipinski definition) is 1. The van der Waals surface area contributed by atoms with Crippen LogP contribution in [0.2, 0.25) is 5.02 Å². The molecule has 1 aromatic rings. The number of halogens is 1. The van der Waals surface area contributed by atoms with Gasteiger partial charge in [0.25, 0.3) is 0 Å². The van der Waals surface area contributed by atoms with E-state index in [1.807, 2.05) is 0 Å². The van der Waals surface area contributed by atoms with Gasteiger partial charge in [0.15, 0.2) is 0 Å². The minimum absolute atomic E-state index is 0.119. The highest BCUT2D eigenvalue weighted by Crippen LogP contribution is 2.30. The molecule has 0 spiro atoms. The quantitative estimate of drug-likeness (QED) is 0.742. The molecule has 2 heteroatoms. The standard InChI is InChI=1S/C13H20ClN/c1-13(2,3)11-7-6-10(8-12(11)14)9-15(4)5/h6-8H,9H2,1-5H3. The molecular weight excluding hydrogens is 206 g/mol. The third kappa shape index (κ3) is 3.51. The first-order valence-corrected chi connectivity index (χ1v) is 5.62. The summed E-state index contributed by atoms with van der Waals surface area (Å²) >= 11 is 6.28. The van der Waals surface area contributed by atoms with Crippen LogP contribution >= 0.6 is 11.6 Å². The molecule has 0 atom stereocenters. The molecule has 84 valence electrons. The molecule has 1 aromatic carbocycles. The highest BCUT2D eigenvalue weighted by molar-refractivity contribution is 6.31. The van der Waals surface area contributed by atoms with Crippen LogP contribution in [0, 0.1) is 0 Å². The molecule has 0 bridgehead atoms. The van der Waals surface area contributed by atoms with E-state index < -0.39 is 0 Å². The van der Waals surface area contributed by atoms with Crippen LogP contribution in [0.15, 0.2) is 18.2 Å². The minimum atomic E-state index is 0.119. The first kappa shape index (κ1) is 12.5. The van der Waals surface area contributed by atoms with Gasteiger partial charge in [0.1, 0.15) is 0 Å². The Morgan fingerprint density at radius 1 is 1.20 bits per heavy atom. The highest BCUT2D eigenvalue weighted by atomic mass is 35.5. The van der Waals surface area contributed by atoms with Crippen molar-refractivity contribution in [1.29, 1.82) is 0 Å². The second kappa shape index (κ2) is 4.54. The van der Waals surface area contributed by atoms with Crippen LogP contribution in [0.3, 0.4) is 0 Å². The summed E-state index contributed by atoms with van der Waals surface area (Å²) < 4.78 is 0. The Morgan fingerprint density at radius 3 is 2.20 bits per heavy atom. The monoisotopic (exact) mass is 225 g/mol. The minimum Gasteiger partial charge on any atom is -0.305 e. The summed E-state index contributed by atoms with van der Waals surface area (Å²) in [5, 5.41) is 0.877. The lowest BCUT2D eigenvalue weighted by atomic mass is 9.86. The van der Waals surface area contributed by atoms with E-state index in [0.29, 0.717) is 0 Å². The van der Waals surface area contributed by atoms with E-state index in [1.165, 1.54) is 11.1 Å². The average Bonchev–Trinajstić information content (AvgIpc) is 1.99. The second-order valence-corrected chi connectivity index (χ2v) is 5.71. The van der Waals surface area contributed by atoms with Gasteiger partial charge in [0.2, 0.25) is 0 Å². The molecule has 1 rings (SSSR count). The fourth-order valence-electron chi connectivity index (χ4n) is 1.63. The SMILES string of the molecule is CN(C)Cc1ccc(C(C)(C)C)c(Cl)c1. The lowest BCUT2D eigenvalue weighted by molar-refractivity contribution is 0.402. The summed E-state index contributed by atoms with van der Waals surface area (Å²) in [6.45, 7) is 7.48. The van der Waals surface area contributed by atoms with Crippen molar-refractivity contribution in [2.75, 3.05) is 14.1 Å². The summed E-state index contributed by atoms with van der Waals surface area (Å²) in [4.78, 5) is 2.14. The van der Waals surface area contributed by atoms with Crippen LogP contribution in [0.1, 0.15) is 31.9 Å².